The van der Waals surface area contributed by atoms with Gasteiger partial charge in [0.15, 0.2) is 6.29 Å². The lowest BCUT2D eigenvalue weighted by molar-refractivity contribution is -0.188. The van der Waals surface area contributed by atoms with Crippen molar-refractivity contribution in [3.05, 3.63) is 0 Å². The van der Waals surface area contributed by atoms with Gasteiger partial charge >= 0.3 is 0 Å². The van der Waals surface area contributed by atoms with E-state index in [-0.39, 0.29) is 18.5 Å². The molecule has 0 aromatic carbocycles. The van der Waals surface area contributed by atoms with Gasteiger partial charge in [-0.1, -0.05) is 19.8 Å². The summed E-state index contributed by atoms with van der Waals surface area (Å²) in [6.45, 7) is 2.02. The Balaban J connectivity index is 2.32. The van der Waals surface area contributed by atoms with Crippen molar-refractivity contribution in [1.82, 2.24) is 0 Å². The number of ether oxygens (including phenoxy) is 2. The highest BCUT2D eigenvalue weighted by atomic mass is 16.7. The van der Waals surface area contributed by atoms with Crippen molar-refractivity contribution in [3.8, 4) is 0 Å². The molecule has 3 nitrogen and oxygen atoms in total. The molecule has 3 heteroatoms. The average Bonchev–Trinajstić information content (AvgIpc) is 2.17. The molecule has 1 rings (SSSR count). The van der Waals surface area contributed by atoms with Crippen LogP contribution in [0.2, 0.25) is 0 Å². The predicted octanol–water partition coefficient (Wildman–Crippen LogP) is 1.69. The van der Waals surface area contributed by atoms with Crippen LogP contribution in [0.4, 0.5) is 0 Å². The van der Waals surface area contributed by atoms with E-state index in [1.165, 1.54) is 0 Å². The van der Waals surface area contributed by atoms with E-state index < -0.39 is 0 Å². The summed E-state index contributed by atoms with van der Waals surface area (Å²) in [6.07, 6.45) is 4.47. The highest BCUT2D eigenvalue weighted by Gasteiger charge is 2.25. The van der Waals surface area contributed by atoms with Gasteiger partial charge in [0.1, 0.15) is 0 Å². The quantitative estimate of drug-likeness (QED) is 0.682. The first-order valence-electron chi connectivity index (χ1n) is 5.14. The Morgan fingerprint density at radius 3 is 2.62 bits per heavy atom. The molecule has 3 unspecified atom stereocenters. The van der Waals surface area contributed by atoms with Crippen molar-refractivity contribution in [2.75, 3.05) is 7.11 Å². The van der Waals surface area contributed by atoms with Gasteiger partial charge in [-0.3, -0.25) is 0 Å². The molecule has 1 fully saturated rings. The van der Waals surface area contributed by atoms with Gasteiger partial charge in [0.05, 0.1) is 12.2 Å². The zero-order valence-corrected chi connectivity index (χ0v) is 8.53. The first-order valence-corrected chi connectivity index (χ1v) is 5.14. The molecule has 0 aliphatic heterocycles. The van der Waals surface area contributed by atoms with Gasteiger partial charge in [-0.15, -0.1) is 0 Å². The molecule has 0 radical (unpaired) electrons. The van der Waals surface area contributed by atoms with Crippen LogP contribution in [-0.4, -0.2) is 30.7 Å². The lowest BCUT2D eigenvalue weighted by atomic mass is 9.95. The molecule has 1 aliphatic carbocycles. The molecule has 78 valence electrons. The van der Waals surface area contributed by atoms with E-state index in [1.54, 1.807) is 7.11 Å². The smallest absolute Gasteiger partial charge is 0.157 e. The van der Waals surface area contributed by atoms with Crippen molar-refractivity contribution < 1.29 is 14.6 Å². The van der Waals surface area contributed by atoms with E-state index in [0.29, 0.717) is 0 Å². The maximum Gasteiger partial charge on any atom is 0.157 e. The third-order valence-electron chi connectivity index (χ3n) is 2.59. The Labute approximate surface area is 80.0 Å². The summed E-state index contributed by atoms with van der Waals surface area (Å²) in [5.74, 6) is 0. The monoisotopic (exact) mass is 188 g/mol. The Morgan fingerprint density at radius 2 is 2.08 bits per heavy atom. The van der Waals surface area contributed by atoms with E-state index in [2.05, 4.69) is 0 Å². The highest BCUT2D eigenvalue weighted by molar-refractivity contribution is 4.75. The minimum Gasteiger partial charge on any atom is -0.390 e. The van der Waals surface area contributed by atoms with Gasteiger partial charge in [-0.05, 0) is 19.3 Å². The molecule has 0 heterocycles. The van der Waals surface area contributed by atoms with Crippen LogP contribution in [0.15, 0.2) is 0 Å². The predicted molar refractivity (Wildman–Crippen MR) is 50.4 cm³/mol. The normalized spacial score (nSPS) is 31.6. The summed E-state index contributed by atoms with van der Waals surface area (Å²) in [4.78, 5) is 0. The average molecular weight is 188 g/mol. The molecule has 3 atom stereocenters. The number of hydrogen-bond donors (Lipinski definition) is 1. The van der Waals surface area contributed by atoms with Gasteiger partial charge in [-0.2, -0.15) is 0 Å². The van der Waals surface area contributed by atoms with Crippen molar-refractivity contribution in [1.29, 1.82) is 0 Å². The minimum absolute atomic E-state index is 0.0151. The molecule has 0 spiro atoms. The number of methoxy groups -OCH3 is 1. The second-order valence-electron chi connectivity index (χ2n) is 3.60. The van der Waals surface area contributed by atoms with Crippen LogP contribution in [0.1, 0.15) is 39.0 Å². The summed E-state index contributed by atoms with van der Waals surface area (Å²) in [5, 5.41) is 9.63. The van der Waals surface area contributed by atoms with Crippen LogP contribution in [0.5, 0.6) is 0 Å². The fraction of sp³-hybridized carbons (Fsp3) is 1.00. The molecule has 0 aromatic rings. The molecular weight excluding hydrogens is 168 g/mol. The van der Waals surface area contributed by atoms with Crippen LogP contribution < -0.4 is 0 Å². The van der Waals surface area contributed by atoms with Crippen LogP contribution in [-0.2, 0) is 9.47 Å². The summed E-state index contributed by atoms with van der Waals surface area (Å²) >= 11 is 0. The maximum absolute atomic E-state index is 9.63. The number of aliphatic hydroxyl groups excluding tert-OH is 1. The topological polar surface area (TPSA) is 38.7 Å². The third kappa shape index (κ3) is 3.25. The lowest BCUT2D eigenvalue weighted by Crippen LogP contribution is -2.35. The zero-order chi connectivity index (χ0) is 9.68. The summed E-state index contributed by atoms with van der Waals surface area (Å²) in [6, 6.07) is 0. The number of hydrogen-bond acceptors (Lipinski definition) is 3. The maximum atomic E-state index is 9.63. The van der Waals surface area contributed by atoms with Crippen molar-refractivity contribution in [3.63, 3.8) is 0 Å². The number of rotatable bonds is 4. The Hall–Kier alpha value is -0.120. The fourth-order valence-electron chi connectivity index (χ4n) is 1.75. The second-order valence-corrected chi connectivity index (χ2v) is 3.60. The molecule has 0 saturated heterocycles. The van der Waals surface area contributed by atoms with Crippen LogP contribution in [0.25, 0.3) is 0 Å². The Morgan fingerprint density at radius 1 is 1.38 bits per heavy atom. The van der Waals surface area contributed by atoms with E-state index in [0.717, 1.165) is 32.1 Å². The summed E-state index contributed by atoms with van der Waals surface area (Å²) < 4.78 is 10.7. The van der Waals surface area contributed by atoms with Crippen LogP contribution in [0, 0.1) is 0 Å². The van der Waals surface area contributed by atoms with E-state index in [4.69, 9.17) is 9.47 Å². The van der Waals surface area contributed by atoms with E-state index >= 15 is 0 Å². The largest absolute Gasteiger partial charge is 0.390 e. The molecular formula is C10H20O3. The van der Waals surface area contributed by atoms with E-state index in [9.17, 15) is 5.11 Å². The summed E-state index contributed by atoms with van der Waals surface area (Å²) in [7, 11) is 1.64. The zero-order valence-electron chi connectivity index (χ0n) is 8.53. The van der Waals surface area contributed by atoms with Gasteiger partial charge in [0.25, 0.3) is 0 Å². The summed E-state index contributed by atoms with van der Waals surface area (Å²) in [5.41, 5.74) is 0. The van der Waals surface area contributed by atoms with Gasteiger partial charge in [0, 0.05) is 7.11 Å². The first kappa shape index (κ1) is 11.0. The van der Waals surface area contributed by atoms with Crippen molar-refractivity contribution in [2.24, 2.45) is 0 Å². The molecule has 1 aliphatic rings. The molecule has 0 aromatic heterocycles. The van der Waals surface area contributed by atoms with Crippen LogP contribution >= 0.6 is 0 Å². The number of aliphatic hydroxyl groups is 1. The van der Waals surface area contributed by atoms with Crippen LogP contribution in [0.3, 0.4) is 0 Å². The van der Waals surface area contributed by atoms with E-state index in [1.807, 2.05) is 6.92 Å². The standard InChI is InChI=1S/C10H20O3/c1-3-10(12-2)13-9-7-5-4-6-8(9)11/h8-11H,3-7H2,1-2H3. The Kier molecular flexibility index (Phi) is 4.70. The third-order valence-corrected chi connectivity index (χ3v) is 2.59. The molecule has 1 N–H and O–H groups in total. The fourth-order valence-corrected chi connectivity index (χ4v) is 1.75. The highest BCUT2D eigenvalue weighted by Crippen LogP contribution is 2.22. The lowest BCUT2D eigenvalue weighted by Gasteiger charge is -2.30. The van der Waals surface area contributed by atoms with Gasteiger partial charge in [0.2, 0.25) is 0 Å². The van der Waals surface area contributed by atoms with Gasteiger partial charge in [-0.25, -0.2) is 0 Å². The molecule has 0 amide bonds. The SMILES string of the molecule is CCC(OC)OC1CCCCC1O. The Bertz CT molecular complexity index is 134. The second kappa shape index (κ2) is 5.58. The van der Waals surface area contributed by atoms with Crippen molar-refractivity contribution in [2.45, 2.75) is 57.5 Å². The molecule has 0 bridgehead atoms. The van der Waals surface area contributed by atoms with Crippen molar-refractivity contribution >= 4 is 0 Å². The minimum atomic E-state index is -0.294. The molecule has 1 saturated carbocycles. The van der Waals surface area contributed by atoms with Gasteiger partial charge < -0.3 is 14.6 Å². The molecule has 13 heavy (non-hydrogen) atoms. The first-order chi connectivity index (χ1) is 6.27.